The van der Waals surface area contributed by atoms with Gasteiger partial charge >= 0.3 is 0 Å². The van der Waals surface area contributed by atoms with Gasteiger partial charge in [-0.3, -0.25) is 4.79 Å². The minimum Gasteiger partial charge on any atom is -0.411 e. The normalized spacial score (nSPS) is 30.0. The van der Waals surface area contributed by atoms with Gasteiger partial charge in [-0.1, -0.05) is 81.4 Å². The first-order valence-electron chi connectivity index (χ1n) is 16.5. The molecule has 7 atom stereocenters. The van der Waals surface area contributed by atoms with Crippen molar-refractivity contribution in [2.75, 3.05) is 13.2 Å². The molecule has 0 bridgehead atoms. The molecule has 8 heteroatoms. The zero-order valence-electron chi connectivity index (χ0n) is 27.2. The van der Waals surface area contributed by atoms with Crippen LogP contribution < -0.4 is 0 Å². The quantitative estimate of drug-likeness (QED) is 0.249. The summed E-state index contributed by atoms with van der Waals surface area (Å²) in [6.45, 7) is 13.4. The third kappa shape index (κ3) is 8.87. The molecule has 0 saturated carbocycles. The Hall–Kier alpha value is -1.91. The highest BCUT2D eigenvalue weighted by molar-refractivity contribution is 6.74. The molecule has 44 heavy (non-hydrogen) atoms. The molecule has 0 spiro atoms. The average Bonchev–Trinajstić information content (AvgIpc) is 3.15. The second kappa shape index (κ2) is 15.1. The molecule has 3 fully saturated rings. The second-order valence-corrected chi connectivity index (χ2v) is 18.9. The molecular formula is C36H52O7Si. The molecule has 7 nitrogen and oxygen atoms in total. The Balaban J connectivity index is 1.25. The first-order valence-corrected chi connectivity index (χ1v) is 19.4. The third-order valence-electron chi connectivity index (χ3n) is 9.80. The van der Waals surface area contributed by atoms with E-state index in [0.717, 1.165) is 24.0 Å². The van der Waals surface area contributed by atoms with Gasteiger partial charge in [-0.25, -0.2) is 0 Å². The van der Waals surface area contributed by atoms with Gasteiger partial charge < -0.3 is 28.1 Å². The maximum atomic E-state index is 13.5. The van der Waals surface area contributed by atoms with Crippen LogP contribution in [0.25, 0.3) is 0 Å². The van der Waals surface area contributed by atoms with Crippen molar-refractivity contribution in [3.8, 4) is 0 Å². The largest absolute Gasteiger partial charge is 0.411 e. The van der Waals surface area contributed by atoms with E-state index in [1.165, 1.54) is 0 Å². The van der Waals surface area contributed by atoms with Gasteiger partial charge in [0.2, 0.25) is 0 Å². The number of benzene rings is 2. The van der Waals surface area contributed by atoms with Crippen molar-refractivity contribution >= 4 is 14.1 Å². The van der Waals surface area contributed by atoms with E-state index in [1.807, 2.05) is 36.4 Å². The molecular weight excluding hydrogens is 572 g/mol. The van der Waals surface area contributed by atoms with Crippen LogP contribution in [-0.4, -0.2) is 70.0 Å². The molecule has 0 aliphatic carbocycles. The van der Waals surface area contributed by atoms with E-state index in [1.54, 1.807) is 0 Å². The van der Waals surface area contributed by atoms with Gasteiger partial charge in [0.15, 0.2) is 14.1 Å². The number of rotatable bonds is 11. The smallest absolute Gasteiger partial charge is 0.192 e. The summed E-state index contributed by atoms with van der Waals surface area (Å²) in [6.07, 6.45) is 2.56. The molecule has 3 saturated heterocycles. The summed E-state index contributed by atoms with van der Waals surface area (Å²) in [5, 5.41) is 0.104. The molecule has 0 amide bonds. The van der Waals surface area contributed by atoms with Gasteiger partial charge in [-0.2, -0.15) is 0 Å². The van der Waals surface area contributed by atoms with E-state index in [0.29, 0.717) is 52.1 Å². The Bertz CT molecular complexity index is 1170. The molecule has 5 rings (SSSR count). The summed E-state index contributed by atoms with van der Waals surface area (Å²) < 4.78 is 39.0. The molecule has 0 unspecified atom stereocenters. The summed E-state index contributed by atoms with van der Waals surface area (Å²) in [5.41, 5.74) is 2.23. The second-order valence-electron chi connectivity index (χ2n) is 14.2. The summed E-state index contributed by atoms with van der Waals surface area (Å²) in [6, 6.07) is 20.3. The molecule has 0 radical (unpaired) electrons. The highest BCUT2D eigenvalue weighted by Gasteiger charge is 2.46. The maximum Gasteiger partial charge on any atom is 0.192 e. The SMILES string of the molecule is CC(C)(C)[Si](C)(C)O[C@H]1CCCO[C@@H]1C[C@@H]1O[C@@H]2C[C@H](OCc3ccccc3)[C@@H](COCc3ccccc3)O[C@H]2CCC1=O. The van der Waals surface area contributed by atoms with Crippen molar-refractivity contribution < 1.29 is 32.9 Å². The fourth-order valence-electron chi connectivity index (χ4n) is 6.15. The van der Waals surface area contributed by atoms with Crippen LogP contribution in [0.3, 0.4) is 0 Å². The Morgan fingerprint density at radius 2 is 1.52 bits per heavy atom. The van der Waals surface area contributed by atoms with Crippen LogP contribution in [0.4, 0.5) is 0 Å². The first-order chi connectivity index (χ1) is 21.1. The molecule has 3 heterocycles. The van der Waals surface area contributed by atoms with Crippen LogP contribution in [-0.2, 0) is 46.1 Å². The maximum absolute atomic E-state index is 13.5. The number of fused-ring (bicyclic) bond motifs is 1. The average molecular weight is 625 g/mol. The lowest BCUT2D eigenvalue weighted by atomic mass is 9.95. The minimum atomic E-state index is -2.00. The van der Waals surface area contributed by atoms with Crippen molar-refractivity contribution in [1.82, 2.24) is 0 Å². The van der Waals surface area contributed by atoms with Crippen molar-refractivity contribution in [3.05, 3.63) is 71.8 Å². The van der Waals surface area contributed by atoms with E-state index >= 15 is 0 Å². The van der Waals surface area contributed by atoms with Crippen molar-refractivity contribution in [2.45, 2.75) is 133 Å². The molecule has 2 aromatic rings. The highest BCUT2D eigenvalue weighted by atomic mass is 28.4. The van der Waals surface area contributed by atoms with Gasteiger partial charge in [-0.15, -0.1) is 0 Å². The van der Waals surface area contributed by atoms with E-state index in [-0.39, 0.29) is 47.4 Å². The standard InChI is InChI=1S/C36H52O7Si/c1-36(2,3)44(4,5)43-30-17-12-20-39-32(30)21-31-28(37)18-19-29-34(42-31)22-33(40-24-27-15-10-7-11-16-27)35(41-29)25-38-23-26-13-8-6-9-14-26/h6-11,13-16,29-35H,12,17-25H2,1-5H3/t29-,30-,31-,32+,33-,34+,35+/m0/s1. The predicted molar refractivity (Wildman–Crippen MR) is 173 cm³/mol. The fourth-order valence-corrected chi connectivity index (χ4v) is 7.53. The van der Waals surface area contributed by atoms with E-state index in [9.17, 15) is 4.79 Å². The Morgan fingerprint density at radius 1 is 0.841 bits per heavy atom. The van der Waals surface area contributed by atoms with Gasteiger partial charge in [0.1, 0.15) is 12.2 Å². The monoisotopic (exact) mass is 624 g/mol. The lowest BCUT2D eigenvalue weighted by Gasteiger charge is -2.44. The van der Waals surface area contributed by atoms with Crippen LogP contribution in [0.1, 0.15) is 70.4 Å². The Morgan fingerprint density at radius 3 is 2.20 bits per heavy atom. The van der Waals surface area contributed by atoms with E-state index in [2.05, 4.69) is 58.1 Å². The van der Waals surface area contributed by atoms with Gasteiger partial charge in [0.25, 0.3) is 0 Å². The number of hydrogen-bond donors (Lipinski definition) is 0. The van der Waals surface area contributed by atoms with Crippen molar-refractivity contribution in [3.63, 3.8) is 0 Å². The third-order valence-corrected chi connectivity index (χ3v) is 14.3. The summed E-state index contributed by atoms with van der Waals surface area (Å²) in [7, 11) is -2.00. The number of Topliss-reactive ketones (excluding diaryl/α,β-unsaturated/α-hetero) is 1. The predicted octanol–water partition coefficient (Wildman–Crippen LogP) is 7.02. The summed E-state index contributed by atoms with van der Waals surface area (Å²) in [4.78, 5) is 13.5. The van der Waals surface area contributed by atoms with Gasteiger partial charge in [-0.05, 0) is 48.5 Å². The lowest BCUT2D eigenvalue weighted by molar-refractivity contribution is -0.219. The van der Waals surface area contributed by atoms with Crippen LogP contribution in [0.2, 0.25) is 18.1 Å². The van der Waals surface area contributed by atoms with Gasteiger partial charge in [0.05, 0.1) is 50.3 Å². The van der Waals surface area contributed by atoms with Crippen molar-refractivity contribution in [1.29, 1.82) is 0 Å². The first kappa shape index (κ1) is 33.5. The van der Waals surface area contributed by atoms with E-state index in [4.69, 9.17) is 28.1 Å². The number of carbonyl (C=O) groups excluding carboxylic acids is 1. The zero-order chi connectivity index (χ0) is 31.2. The topological polar surface area (TPSA) is 72.5 Å². The lowest BCUT2D eigenvalue weighted by Crippen LogP contribution is -2.52. The Kier molecular flexibility index (Phi) is 11.5. The van der Waals surface area contributed by atoms with Crippen LogP contribution in [0.5, 0.6) is 0 Å². The van der Waals surface area contributed by atoms with E-state index < -0.39 is 14.4 Å². The molecule has 242 valence electrons. The fraction of sp³-hybridized carbons (Fsp3) is 0.639. The highest BCUT2D eigenvalue weighted by Crippen LogP contribution is 2.40. The minimum absolute atomic E-state index is 0.0178. The molecule has 0 aromatic heterocycles. The van der Waals surface area contributed by atoms with Crippen molar-refractivity contribution in [2.24, 2.45) is 0 Å². The molecule has 2 aromatic carbocycles. The van der Waals surface area contributed by atoms with Gasteiger partial charge in [0, 0.05) is 25.9 Å². The van der Waals surface area contributed by atoms with Crippen LogP contribution in [0.15, 0.2) is 60.7 Å². The number of carbonyl (C=O) groups is 1. The number of ether oxygens (including phenoxy) is 5. The van der Waals surface area contributed by atoms with Crippen LogP contribution >= 0.6 is 0 Å². The number of ketones is 1. The zero-order valence-corrected chi connectivity index (χ0v) is 28.2. The Labute approximate surface area is 265 Å². The molecule has 3 aliphatic heterocycles. The molecule has 0 N–H and O–H groups in total. The molecule has 3 aliphatic rings. The van der Waals surface area contributed by atoms with Crippen LogP contribution in [0, 0.1) is 0 Å². The summed E-state index contributed by atoms with van der Waals surface area (Å²) in [5.74, 6) is 0.127. The number of hydrogen-bond acceptors (Lipinski definition) is 7. The summed E-state index contributed by atoms with van der Waals surface area (Å²) >= 11 is 0.